The van der Waals surface area contributed by atoms with Gasteiger partial charge in [-0.25, -0.2) is 14.5 Å². The number of nitrogens with two attached hydrogens (primary N) is 1. The van der Waals surface area contributed by atoms with Crippen molar-refractivity contribution in [2.24, 2.45) is 0 Å². The third-order valence-corrected chi connectivity index (χ3v) is 4.86. The number of hydrogen-bond acceptors (Lipinski definition) is 8. The third-order valence-electron chi connectivity index (χ3n) is 4.86. The molecule has 1 aliphatic rings. The lowest BCUT2D eigenvalue weighted by atomic mass is 10.2. The first-order valence-corrected chi connectivity index (χ1v) is 9.40. The van der Waals surface area contributed by atoms with Crippen LogP contribution in [-0.4, -0.2) is 42.2 Å². The average Bonchev–Trinajstić information content (AvgIpc) is 3.48. The summed E-state index contributed by atoms with van der Waals surface area (Å²) in [6.07, 6.45) is 5.42. The van der Waals surface area contributed by atoms with Crippen LogP contribution < -0.4 is 5.73 Å². The fourth-order valence-corrected chi connectivity index (χ4v) is 3.52. The van der Waals surface area contributed by atoms with Crippen LogP contribution in [0.5, 0.6) is 0 Å². The summed E-state index contributed by atoms with van der Waals surface area (Å²) < 4.78 is 12.1. The van der Waals surface area contributed by atoms with Crippen LogP contribution in [0.3, 0.4) is 0 Å². The highest BCUT2D eigenvalue weighted by Gasteiger charge is 2.23. The van der Waals surface area contributed by atoms with E-state index in [2.05, 4.69) is 37.0 Å². The van der Waals surface area contributed by atoms with Gasteiger partial charge in [-0.05, 0) is 44.4 Å². The quantitative estimate of drug-likeness (QED) is 0.531. The third kappa shape index (κ3) is 3.46. The topological polar surface area (TPSA) is 112 Å². The molecule has 146 valence electrons. The van der Waals surface area contributed by atoms with Gasteiger partial charge in [0.25, 0.3) is 0 Å². The van der Waals surface area contributed by atoms with E-state index in [1.54, 1.807) is 29.1 Å². The Kier molecular flexibility index (Phi) is 4.26. The van der Waals surface area contributed by atoms with Gasteiger partial charge in [0, 0.05) is 12.6 Å². The highest BCUT2D eigenvalue weighted by Crippen LogP contribution is 2.21. The standard InChI is InChI=1S/C20H19N7O2/c1-13-10-15(25-29-13)11-26-8-2-4-16(26)7-6-14-12-27-20(18(21)22-14)23-19(24-27)17-5-3-9-28-17/h3,5,9-10,12,16H,2,4,8,11H2,1H3,(H2,21,22)/t16-/m0/s1. The molecular formula is C20H19N7O2. The molecule has 1 fully saturated rings. The fraction of sp³-hybridized carbons (Fsp3) is 0.300. The molecule has 5 heterocycles. The minimum atomic E-state index is 0.139. The van der Waals surface area contributed by atoms with E-state index < -0.39 is 0 Å². The van der Waals surface area contributed by atoms with Crippen molar-refractivity contribution in [1.29, 1.82) is 0 Å². The molecule has 0 amide bonds. The van der Waals surface area contributed by atoms with Crippen molar-refractivity contribution in [2.45, 2.75) is 32.4 Å². The maximum Gasteiger partial charge on any atom is 0.218 e. The first-order chi connectivity index (χ1) is 14.2. The summed E-state index contributed by atoms with van der Waals surface area (Å²) >= 11 is 0. The van der Waals surface area contributed by atoms with E-state index in [0.717, 1.165) is 37.4 Å². The molecule has 5 rings (SSSR count). The van der Waals surface area contributed by atoms with Crippen molar-refractivity contribution in [3.63, 3.8) is 0 Å². The second kappa shape index (κ2) is 7.07. The van der Waals surface area contributed by atoms with Gasteiger partial charge in [-0.15, -0.1) is 5.10 Å². The van der Waals surface area contributed by atoms with Gasteiger partial charge >= 0.3 is 0 Å². The highest BCUT2D eigenvalue weighted by atomic mass is 16.5. The number of fused-ring (bicyclic) bond motifs is 1. The number of rotatable bonds is 3. The van der Waals surface area contributed by atoms with Crippen LogP contribution in [-0.2, 0) is 6.54 Å². The number of anilines is 1. The van der Waals surface area contributed by atoms with Crippen molar-refractivity contribution in [3.8, 4) is 23.4 Å². The summed E-state index contributed by atoms with van der Waals surface area (Å²) in [4.78, 5) is 11.1. The first-order valence-electron chi connectivity index (χ1n) is 9.40. The van der Waals surface area contributed by atoms with E-state index >= 15 is 0 Å². The molecule has 1 aliphatic heterocycles. The summed E-state index contributed by atoms with van der Waals surface area (Å²) in [6.45, 7) is 3.60. The normalized spacial score (nSPS) is 16.9. The van der Waals surface area contributed by atoms with Crippen LogP contribution in [0.4, 0.5) is 5.82 Å². The van der Waals surface area contributed by atoms with Crippen molar-refractivity contribution in [3.05, 3.63) is 47.8 Å². The molecule has 9 heteroatoms. The second-order valence-electron chi connectivity index (χ2n) is 7.02. The van der Waals surface area contributed by atoms with Crippen LogP contribution in [0, 0.1) is 18.8 Å². The minimum Gasteiger partial charge on any atom is -0.461 e. The molecule has 0 aromatic carbocycles. The number of furan rings is 1. The molecule has 0 aliphatic carbocycles. The van der Waals surface area contributed by atoms with E-state index in [1.807, 2.05) is 13.0 Å². The smallest absolute Gasteiger partial charge is 0.218 e. The molecule has 0 spiro atoms. The van der Waals surface area contributed by atoms with Gasteiger partial charge in [0.15, 0.2) is 17.2 Å². The maximum absolute atomic E-state index is 6.08. The zero-order valence-corrected chi connectivity index (χ0v) is 15.9. The van der Waals surface area contributed by atoms with Gasteiger partial charge < -0.3 is 14.7 Å². The molecule has 4 aromatic heterocycles. The number of nitrogens with zero attached hydrogens (tertiary/aromatic N) is 6. The molecular weight excluding hydrogens is 370 g/mol. The zero-order valence-electron chi connectivity index (χ0n) is 15.9. The Labute approximate surface area is 166 Å². The van der Waals surface area contributed by atoms with Crippen molar-refractivity contribution >= 4 is 11.5 Å². The lowest BCUT2D eigenvalue weighted by molar-refractivity contribution is 0.276. The lowest BCUT2D eigenvalue weighted by Crippen LogP contribution is -2.27. The number of likely N-dealkylation sites (tertiary alicyclic amines) is 1. The molecule has 9 nitrogen and oxygen atoms in total. The lowest BCUT2D eigenvalue weighted by Gasteiger charge is -2.18. The summed E-state index contributed by atoms with van der Waals surface area (Å²) in [5, 5.41) is 8.51. The van der Waals surface area contributed by atoms with Crippen molar-refractivity contribution < 1.29 is 8.94 Å². The van der Waals surface area contributed by atoms with Crippen molar-refractivity contribution in [2.75, 3.05) is 12.3 Å². The summed E-state index contributed by atoms with van der Waals surface area (Å²) in [5.74, 6) is 8.60. The van der Waals surface area contributed by atoms with E-state index in [1.165, 1.54) is 0 Å². The van der Waals surface area contributed by atoms with Crippen LogP contribution in [0.2, 0.25) is 0 Å². The maximum atomic E-state index is 6.08. The monoisotopic (exact) mass is 389 g/mol. The molecule has 1 atom stereocenters. The SMILES string of the molecule is Cc1cc(CN2CCC[C@H]2C#Cc2cn3nc(-c4ccco4)nc3c(N)n2)no1. The number of aryl methyl sites for hydroxylation is 1. The zero-order chi connectivity index (χ0) is 19.8. The second-order valence-corrected chi connectivity index (χ2v) is 7.02. The number of nitrogen functional groups attached to an aromatic ring is 1. The first kappa shape index (κ1) is 17.5. The molecule has 1 saturated heterocycles. The average molecular weight is 389 g/mol. The molecule has 29 heavy (non-hydrogen) atoms. The number of hydrogen-bond donors (Lipinski definition) is 1. The van der Waals surface area contributed by atoms with E-state index in [-0.39, 0.29) is 11.9 Å². The van der Waals surface area contributed by atoms with Gasteiger partial charge in [-0.1, -0.05) is 11.1 Å². The van der Waals surface area contributed by atoms with Gasteiger partial charge in [-0.3, -0.25) is 4.90 Å². The predicted octanol–water partition coefficient (Wildman–Crippen LogP) is 2.28. The predicted molar refractivity (Wildman–Crippen MR) is 104 cm³/mol. The van der Waals surface area contributed by atoms with Gasteiger partial charge in [0.2, 0.25) is 5.82 Å². The Hall–Kier alpha value is -3.64. The molecule has 0 radical (unpaired) electrons. The summed E-state index contributed by atoms with van der Waals surface area (Å²) in [7, 11) is 0. The molecule has 2 N–H and O–H groups in total. The Morgan fingerprint density at radius 3 is 3.07 bits per heavy atom. The van der Waals surface area contributed by atoms with E-state index in [4.69, 9.17) is 14.7 Å². The molecule has 0 unspecified atom stereocenters. The summed E-state index contributed by atoms with van der Waals surface area (Å²) in [6, 6.07) is 5.68. The Morgan fingerprint density at radius 2 is 2.28 bits per heavy atom. The Bertz CT molecular complexity index is 1210. The van der Waals surface area contributed by atoms with E-state index in [0.29, 0.717) is 22.9 Å². The van der Waals surface area contributed by atoms with Crippen LogP contribution in [0.25, 0.3) is 17.2 Å². The Morgan fingerprint density at radius 1 is 1.34 bits per heavy atom. The molecule has 0 saturated carbocycles. The Balaban J connectivity index is 1.39. The van der Waals surface area contributed by atoms with Crippen LogP contribution in [0.15, 0.2) is 39.6 Å². The van der Waals surface area contributed by atoms with Crippen molar-refractivity contribution in [1.82, 2.24) is 29.6 Å². The number of aromatic nitrogens is 5. The van der Waals surface area contributed by atoms with Crippen LogP contribution >= 0.6 is 0 Å². The van der Waals surface area contributed by atoms with Gasteiger partial charge in [-0.2, -0.15) is 0 Å². The highest BCUT2D eigenvalue weighted by molar-refractivity contribution is 5.63. The minimum absolute atomic E-state index is 0.139. The van der Waals surface area contributed by atoms with Gasteiger partial charge in [0.1, 0.15) is 11.5 Å². The van der Waals surface area contributed by atoms with E-state index in [9.17, 15) is 0 Å². The summed E-state index contributed by atoms with van der Waals surface area (Å²) in [5.41, 5.74) is 8.03. The van der Waals surface area contributed by atoms with Gasteiger partial charge in [0.05, 0.1) is 24.2 Å². The molecule has 0 bridgehead atoms. The molecule has 4 aromatic rings. The largest absolute Gasteiger partial charge is 0.461 e. The van der Waals surface area contributed by atoms with Crippen LogP contribution in [0.1, 0.15) is 30.0 Å². The fourth-order valence-electron chi connectivity index (χ4n) is 3.52.